The van der Waals surface area contributed by atoms with Gasteiger partial charge < -0.3 is 10.4 Å². The lowest BCUT2D eigenvalue weighted by molar-refractivity contribution is -0.136. The SMILES string of the molecule is O=C(NCCc1ccccc1)C(O)(c1ccccc1)c1ccccc1. The van der Waals surface area contributed by atoms with Gasteiger partial charge in [-0.1, -0.05) is 91.0 Å². The summed E-state index contributed by atoms with van der Waals surface area (Å²) in [5.74, 6) is -0.416. The van der Waals surface area contributed by atoms with Crippen molar-refractivity contribution in [3.63, 3.8) is 0 Å². The van der Waals surface area contributed by atoms with E-state index in [0.717, 1.165) is 5.56 Å². The molecule has 0 fully saturated rings. The Kier molecular flexibility index (Phi) is 5.26. The first-order chi connectivity index (χ1) is 12.2. The molecule has 0 heterocycles. The fourth-order valence-corrected chi connectivity index (χ4v) is 2.88. The molecule has 0 saturated carbocycles. The van der Waals surface area contributed by atoms with Crippen LogP contribution in [0.4, 0.5) is 0 Å². The molecule has 0 spiro atoms. The van der Waals surface area contributed by atoms with Gasteiger partial charge in [-0.3, -0.25) is 4.79 Å². The zero-order valence-corrected chi connectivity index (χ0v) is 13.9. The minimum absolute atomic E-state index is 0.416. The van der Waals surface area contributed by atoms with Gasteiger partial charge in [-0.15, -0.1) is 0 Å². The van der Waals surface area contributed by atoms with E-state index >= 15 is 0 Å². The zero-order valence-electron chi connectivity index (χ0n) is 13.9. The van der Waals surface area contributed by atoms with Crippen LogP contribution in [0.15, 0.2) is 91.0 Å². The third-order valence-electron chi connectivity index (χ3n) is 4.25. The van der Waals surface area contributed by atoms with Crippen LogP contribution < -0.4 is 5.32 Å². The van der Waals surface area contributed by atoms with Crippen LogP contribution in [0.3, 0.4) is 0 Å². The van der Waals surface area contributed by atoms with Crippen molar-refractivity contribution in [1.82, 2.24) is 5.32 Å². The van der Waals surface area contributed by atoms with Crippen LogP contribution >= 0.6 is 0 Å². The summed E-state index contributed by atoms with van der Waals surface area (Å²) >= 11 is 0. The number of benzene rings is 3. The Morgan fingerprint density at radius 2 is 1.20 bits per heavy atom. The van der Waals surface area contributed by atoms with Gasteiger partial charge in [0, 0.05) is 6.54 Å². The van der Waals surface area contributed by atoms with Gasteiger partial charge >= 0.3 is 0 Å². The molecule has 3 nitrogen and oxygen atoms in total. The number of carbonyl (C=O) groups excluding carboxylic acids is 1. The summed E-state index contributed by atoms with van der Waals surface area (Å²) in [5.41, 5.74) is 0.543. The lowest BCUT2D eigenvalue weighted by Gasteiger charge is -2.28. The predicted molar refractivity (Wildman–Crippen MR) is 99.0 cm³/mol. The number of nitrogens with one attached hydrogen (secondary N) is 1. The van der Waals surface area contributed by atoms with Crippen LogP contribution in [-0.2, 0) is 16.8 Å². The predicted octanol–water partition coefficient (Wildman–Crippen LogP) is 3.28. The molecule has 25 heavy (non-hydrogen) atoms. The van der Waals surface area contributed by atoms with E-state index in [1.807, 2.05) is 66.7 Å². The molecule has 0 unspecified atom stereocenters. The van der Waals surface area contributed by atoms with Gasteiger partial charge in [-0.05, 0) is 23.1 Å². The van der Waals surface area contributed by atoms with Gasteiger partial charge in [0.15, 0.2) is 5.60 Å². The van der Waals surface area contributed by atoms with E-state index in [1.54, 1.807) is 24.3 Å². The van der Waals surface area contributed by atoms with Crippen LogP contribution in [0.2, 0.25) is 0 Å². The normalized spacial score (nSPS) is 11.1. The van der Waals surface area contributed by atoms with Crippen molar-refractivity contribution in [2.45, 2.75) is 12.0 Å². The smallest absolute Gasteiger partial charge is 0.261 e. The number of carbonyl (C=O) groups is 1. The minimum Gasteiger partial charge on any atom is -0.372 e. The van der Waals surface area contributed by atoms with E-state index in [2.05, 4.69) is 5.32 Å². The highest BCUT2D eigenvalue weighted by atomic mass is 16.3. The van der Waals surface area contributed by atoms with Gasteiger partial charge in [-0.2, -0.15) is 0 Å². The molecule has 0 aliphatic heterocycles. The topological polar surface area (TPSA) is 49.3 Å². The summed E-state index contributed by atoms with van der Waals surface area (Å²) in [6, 6.07) is 28.0. The maximum Gasteiger partial charge on any atom is 0.261 e. The highest BCUT2D eigenvalue weighted by molar-refractivity contribution is 5.90. The molecular formula is C22H21NO2. The quantitative estimate of drug-likeness (QED) is 0.728. The van der Waals surface area contributed by atoms with Crippen molar-refractivity contribution in [3.05, 3.63) is 108 Å². The van der Waals surface area contributed by atoms with E-state index in [9.17, 15) is 9.90 Å². The largest absolute Gasteiger partial charge is 0.372 e. The van der Waals surface area contributed by atoms with Crippen molar-refractivity contribution >= 4 is 5.91 Å². The molecule has 1 amide bonds. The van der Waals surface area contributed by atoms with Crippen LogP contribution in [0.1, 0.15) is 16.7 Å². The van der Waals surface area contributed by atoms with E-state index < -0.39 is 11.5 Å². The van der Waals surface area contributed by atoms with Crippen LogP contribution in [-0.4, -0.2) is 17.6 Å². The number of aliphatic hydroxyl groups is 1. The second-order valence-electron chi connectivity index (χ2n) is 5.93. The monoisotopic (exact) mass is 331 g/mol. The van der Waals surface area contributed by atoms with Crippen molar-refractivity contribution in [2.24, 2.45) is 0 Å². The van der Waals surface area contributed by atoms with E-state index in [0.29, 0.717) is 24.1 Å². The van der Waals surface area contributed by atoms with Gasteiger partial charge in [-0.25, -0.2) is 0 Å². The molecule has 0 aliphatic carbocycles. The highest BCUT2D eigenvalue weighted by Crippen LogP contribution is 2.29. The number of hydrogen-bond donors (Lipinski definition) is 2. The van der Waals surface area contributed by atoms with Crippen molar-refractivity contribution in [2.75, 3.05) is 6.54 Å². The standard InChI is InChI=1S/C22H21NO2/c24-21(23-17-16-18-10-4-1-5-11-18)22(25,19-12-6-2-7-13-19)20-14-8-3-9-15-20/h1-15,25H,16-17H2,(H,23,24). The Morgan fingerprint density at radius 1 is 0.760 bits per heavy atom. The summed E-state index contributed by atoms with van der Waals surface area (Å²) in [6.07, 6.45) is 0.715. The minimum atomic E-state index is -1.71. The van der Waals surface area contributed by atoms with Gasteiger partial charge in [0.1, 0.15) is 0 Å². The average Bonchev–Trinajstić information content (AvgIpc) is 2.69. The molecule has 0 aliphatic rings. The first kappa shape index (κ1) is 16.9. The fourth-order valence-electron chi connectivity index (χ4n) is 2.88. The van der Waals surface area contributed by atoms with Crippen LogP contribution in [0.5, 0.6) is 0 Å². The van der Waals surface area contributed by atoms with E-state index in [1.165, 1.54) is 0 Å². The van der Waals surface area contributed by atoms with E-state index in [-0.39, 0.29) is 0 Å². The van der Waals surface area contributed by atoms with Crippen LogP contribution in [0, 0.1) is 0 Å². The van der Waals surface area contributed by atoms with Crippen LogP contribution in [0.25, 0.3) is 0 Å². The Hall–Kier alpha value is -2.91. The third-order valence-corrected chi connectivity index (χ3v) is 4.25. The summed E-state index contributed by atoms with van der Waals surface area (Å²) < 4.78 is 0. The molecule has 0 radical (unpaired) electrons. The van der Waals surface area contributed by atoms with Gasteiger partial charge in [0.25, 0.3) is 5.91 Å². The maximum atomic E-state index is 12.9. The second kappa shape index (κ2) is 7.77. The summed E-state index contributed by atoms with van der Waals surface area (Å²) in [6.45, 7) is 0.463. The molecule has 3 aromatic carbocycles. The molecule has 2 N–H and O–H groups in total. The maximum absolute atomic E-state index is 12.9. The van der Waals surface area contributed by atoms with Crippen molar-refractivity contribution in [1.29, 1.82) is 0 Å². The molecule has 126 valence electrons. The number of hydrogen-bond acceptors (Lipinski definition) is 2. The molecule has 3 aromatic rings. The van der Waals surface area contributed by atoms with Gasteiger partial charge in [0.05, 0.1) is 0 Å². The second-order valence-corrected chi connectivity index (χ2v) is 5.93. The third kappa shape index (κ3) is 3.78. The number of rotatable bonds is 6. The van der Waals surface area contributed by atoms with Crippen molar-refractivity contribution in [3.8, 4) is 0 Å². The molecule has 3 heteroatoms. The summed E-state index contributed by atoms with van der Waals surface area (Å²) in [5, 5.41) is 14.2. The van der Waals surface area contributed by atoms with Gasteiger partial charge in [0.2, 0.25) is 0 Å². The first-order valence-electron chi connectivity index (χ1n) is 8.37. The Balaban J connectivity index is 1.81. The molecule has 3 rings (SSSR count). The summed E-state index contributed by atoms with van der Waals surface area (Å²) in [7, 11) is 0. The fraction of sp³-hybridized carbons (Fsp3) is 0.136. The Bertz CT molecular complexity index is 762. The molecule has 0 atom stereocenters. The lowest BCUT2D eigenvalue weighted by Crippen LogP contribution is -2.46. The summed E-state index contributed by atoms with van der Waals surface area (Å²) in [4.78, 5) is 12.9. The molecule has 0 aromatic heterocycles. The molecule has 0 bridgehead atoms. The average molecular weight is 331 g/mol. The number of amides is 1. The Morgan fingerprint density at radius 3 is 1.68 bits per heavy atom. The first-order valence-corrected chi connectivity index (χ1v) is 8.37. The molecular weight excluding hydrogens is 310 g/mol. The lowest BCUT2D eigenvalue weighted by atomic mass is 9.85. The molecule has 0 saturated heterocycles. The highest BCUT2D eigenvalue weighted by Gasteiger charge is 2.39. The zero-order chi connectivity index (χ0) is 17.5. The van der Waals surface area contributed by atoms with E-state index in [4.69, 9.17) is 0 Å². The van der Waals surface area contributed by atoms with Crippen molar-refractivity contribution < 1.29 is 9.90 Å². The Labute approximate surface area is 148 Å².